The first-order valence-electron chi connectivity index (χ1n) is 16.2. The molecular weight excluding hydrogens is 583 g/mol. The fourth-order valence-electron chi connectivity index (χ4n) is 7.67. The van der Waals surface area contributed by atoms with Crippen molar-refractivity contribution in [3.63, 3.8) is 0 Å². The number of nitrogens with zero attached hydrogens (tertiary/aromatic N) is 3. The number of pyridine rings is 3. The molecule has 0 unspecified atom stereocenters. The lowest BCUT2D eigenvalue weighted by molar-refractivity contribution is 1.33. The van der Waals surface area contributed by atoms with E-state index in [1.807, 2.05) is 43.2 Å². The SMILES string of the molecule is c1cncc(-c2ccc3ccc4c(-c5cc(-c6cccc7cnccc67)cc(-c6cccc7cnccc67)c5)ccc5ccc2c3c54)c1. The Bertz CT molecular complexity index is 2730. The Balaban J connectivity index is 1.27. The van der Waals surface area contributed by atoms with E-state index in [0.29, 0.717) is 0 Å². The van der Waals surface area contributed by atoms with Crippen LogP contribution in [0.3, 0.4) is 0 Å². The molecule has 0 amide bonds. The van der Waals surface area contributed by atoms with Crippen LogP contribution in [-0.4, -0.2) is 15.0 Å². The number of hydrogen-bond acceptors (Lipinski definition) is 3. The van der Waals surface area contributed by atoms with Crippen LogP contribution in [0.4, 0.5) is 0 Å². The fraction of sp³-hybridized carbons (Fsp3) is 0. The molecule has 0 spiro atoms. The highest BCUT2D eigenvalue weighted by Crippen LogP contribution is 2.44. The Labute approximate surface area is 277 Å². The van der Waals surface area contributed by atoms with Gasteiger partial charge in [0.05, 0.1) is 0 Å². The lowest BCUT2D eigenvalue weighted by Crippen LogP contribution is -1.91. The molecule has 3 nitrogen and oxygen atoms in total. The standard InChI is InChI=1S/C45H27N3/c1-4-30-26-47-20-17-40(30)36(7-1)33-22-34(37-8-2-5-31-27-48-21-18-41(31)37)24-35(23-33)39-14-10-29-11-15-42-38(32-6-3-19-46-25-32)13-9-28-12-16-43(39)45(29)44(28)42/h1-27H. The molecule has 0 aliphatic carbocycles. The zero-order valence-electron chi connectivity index (χ0n) is 25.9. The average molecular weight is 610 g/mol. The molecule has 7 aromatic carbocycles. The molecule has 0 N–H and O–H groups in total. The molecule has 3 aromatic heterocycles. The van der Waals surface area contributed by atoms with Gasteiger partial charge in [0.25, 0.3) is 0 Å². The second-order valence-corrected chi connectivity index (χ2v) is 12.5. The topological polar surface area (TPSA) is 38.7 Å². The van der Waals surface area contributed by atoms with Crippen molar-refractivity contribution in [2.45, 2.75) is 0 Å². The highest BCUT2D eigenvalue weighted by atomic mass is 14.6. The van der Waals surface area contributed by atoms with Crippen LogP contribution >= 0.6 is 0 Å². The van der Waals surface area contributed by atoms with E-state index in [4.69, 9.17) is 0 Å². The minimum absolute atomic E-state index is 1.13. The van der Waals surface area contributed by atoms with E-state index in [9.17, 15) is 0 Å². The van der Waals surface area contributed by atoms with Crippen LogP contribution in [0, 0.1) is 0 Å². The summed E-state index contributed by atoms with van der Waals surface area (Å²) in [5.74, 6) is 0. The molecule has 48 heavy (non-hydrogen) atoms. The minimum atomic E-state index is 1.13. The largest absolute Gasteiger partial charge is 0.264 e. The summed E-state index contributed by atoms with van der Waals surface area (Å²) in [4.78, 5) is 13.2. The first-order chi connectivity index (χ1) is 23.8. The van der Waals surface area contributed by atoms with E-state index >= 15 is 0 Å². The third-order valence-electron chi connectivity index (χ3n) is 9.86. The molecule has 0 aliphatic rings. The number of hydrogen-bond donors (Lipinski definition) is 0. The molecule has 10 aromatic rings. The highest BCUT2D eigenvalue weighted by Gasteiger charge is 2.17. The molecule has 0 radical (unpaired) electrons. The highest BCUT2D eigenvalue weighted by molar-refractivity contribution is 6.27. The van der Waals surface area contributed by atoms with Gasteiger partial charge in [-0.15, -0.1) is 0 Å². The third-order valence-corrected chi connectivity index (χ3v) is 9.86. The monoisotopic (exact) mass is 609 g/mol. The van der Waals surface area contributed by atoms with E-state index in [0.717, 1.165) is 16.3 Å². The van der Waals surface area contributed by atoms with Gasteiger partial charge >= 0.3 is 0 Å². The van der Waals surface area contributed by atoms with Crippen molar-refractivity contribution in [1.82, 2.24) is 15.0 Å². The summed E-state index contributed by atoms with van der Waals surface area (Å²) in [5.41, 5.74) is 9.47. The van der Waals surface area contributed by atoms with Crippen LogP contribution in [-0.2, 0) is 0 Å². The molecule has 3 heteroatoms. The number of benzene rings is 7. The van der Waals surface area contributed by atoms with Crippen molar-refractivity contribution in [3.8, 4) is 44.5 Å². The van der Waals surface area contributed by atoms with Gasteiger partial charge in [0.2, 0.25) is 0 Å². The predicted octanol–water partition coefficient (Wildman–Crippen LogP) is 11.7. The van der Waals surface area contributed by atoms with E-state index in [1.165, 1.54) is 82.0 Å². The van der Waals surface area contributed by atoms with Crippen molar-refractivity contribution in [3.05, 3.63) is 165 Å². The Kier molecular flexibility index (Phi) is 5.87. The molecule has 0 saturated heterocycles. The van der Waals surface area contributed by atoms with Gasteiger partial charge < -0.3 is 0 Å². The van der Waals surface area contributed by atoms with Crippen LogP contribution in [0.1, 0.15) is 0 Å². The summed E-state index contributed by atoms with van der Waals surface area (Å²) in [6, 6.07) is 46.6. The molecule has 0 saturated carbocycles. The second kappa shape index (κ2) is 10.5. The summed E-state index contributed by atoms with van der Waals surface area (Å²) < 4.78 is 0. The van der Waals surface area contributed by atoms with Crippen molar-refractivity contribution in [2.75, 3.05) is 0 Å². The minimum Gasteiger partial charge on any atom is -0.264 e. The molecular formula is C45H27N3. The summed E-state index contributed by atoms with van der Waals surface area (Å²) in [6.45, 7) is 0. The summed E-state index contributed by atoms with van der Waals surface area (Å²) in [6.07, 6.45) is 11.4. The molecule has 0 fully saturated rings. The predicted molar refractivity (Wildman–Crippen MR) is 200 cm³/mol. The Morgan fingerprint density at radius 2 is 0.771 bits per heavy atom. The lowest BCUT2D eigenvalue weighted by Gasteiger charge is -2.18. The van der Waals surface area contributed by atoms with Crippen molar-refractivity contribution < 1.29 is 0 Å². The summed E-state index contributed by atoms with van der Waals surface area (Å²) in [5, 5.41) is 12.2. The summed E-state index contributed by atoms with van der Waals surface area (Å²) in [7, 11) is 0. The van der Waals surface area contributed by atoms with Gasteiger partial charge in [0.1, 0.15) is 0 Å². The smallest absolute Gasteiger partial charge is 0.0346 e. The maximum atomic E-state index is 4.42. The Morgan fingerprint density at radius 1 is 0.292 bits per heavy atom. The van der Waals surface area contributed by atoms with Crippen LogP contribution in [0.5, 0.6) is 0 Å². The van der Waals surface area contributed by atoms with Crippen LogP contribution < -0.4 is 0 Å². The van der Waals surface area contributed by atoms with Crippen molar-refractivity contribution >= 4 is 53.9 Å². The van der Waals surface area contributed by atoms with Gasteiger partial charge in [-0.1, -0.05) is 91.0 Å². The van der Waals surface area contributed by atoms with Gasteiger partial charge in [-0.05, 0) is 118 Å². The number of aromatic nitrogens is 3. The second-order valence-electron chi connectivity index (χ2n) is 12.5. The molecule has 0 atom stereocenters. The Morgan fingerprint density at radius 3 is 1.29 bits per heavy atom. The molecule has 10 rings (SSSR count). The van der Waals surface area contributed by atoms with Crippen molar-refractivity contribution in [1.29, 1.82) is 0 Å². The van der Waals surface area contributed by atoms with Crippen molar-refractivity contribution in [2.24, 2.45) is 0 Å². The van der Waals surface area contributed by atoms with Gasteiger partial charge in [-0.3, -0.25) is 15.0 Å². The van der Waals surface area contributed by atoms with E-state index < -0.39 is 0 Å². The van der Waals surface area contributed by atoms with Gasteiger partial charge in [0, 0.05) is 53.5 Å². The number of rotatable bonds is 4. The maximum Gasteiger partial charge on any atom is 0.0346 e. The van der Waals surface area contributed by atoms with Gasteiger partial charge in [-0.2, -0.15) is 0 Å². The Hall–Kier alpha value is -6.45. The molecule has 3 heterocycles. The maximum absolute atomic E-state index is 4.42. The fourth-order valence-corrected chi connectivity index (χ4v) is 7.67. The van der Waals surface area contributed by atoms with E-state index in [1.54, 1.807) is 0 Å². The average Bonchev–Trinajstić information content (AvgIpc) is 3.16. The zero-order valence-corrected chi connectivity index (χ0v) is 25.9. The first-order valence-corrected chi connectivity index (χ1v) is 16.2. The quantitative estimate of drug-likeness (QED) is 0.186. The van der Waals surface area contributed by atoms with Crippen LogP contribution in [0.25, 0.3) is 98.4 Å². The number of fused-ring (bicyclic) bond motifs is 2. The first kappa shape index (κ1) is 26.7. The van der Waals surface area contributed by atoms with Gasteiger partial charge in [0.15, 0.2) is 0 Å². The molecule has 222 valence electrons. The van der Waals surface area contributed by atoms with Crippen LogP contribution in [0.15, 0.2) is 165 Å². The van der Waals surface area contributed by atoms with E-state index in [2.05, 4.69) is 136 Å². The molecule has 0 bridgehead atoms. The third kappa shape index (κ3) is 4.11. The van der Waals surface area contributed by atoms with E-state index in [-0.39, 0.29) is 0 Å². The summed E-state index contributed by atoms with van der Waals surface area (Å²) >= 11 is 0. The zero-order chi connectivity index (χ0) is 31.6. The normalized spacial score (nSPS) is 11.8. The van der Waals surface area contributed by atoms with Gasteiger partial charge in [-0.25, -0.2) is 0 Å². The lowest BCUT2D eigenvalue weighted by atomic mass is 9.85. The van der Waals surface area contributed by atoms with Crippen LogP contribution in [0.2, 0.25) is 0 Å². The molecule has 0 aliphatic heterocycles.